The van der Waals surface area contributed by atoms with Crippen molar-refractivity contribution in [3.05, 3.63) is 92.6 Å². The molecule has 0 spiro atoms. The Kier molecular flexibility index (Phi) is 6.85. The fraction of sp³-hybridized carbons (Fsp3) is 0.292. The van der Waals surface area contributed by atoms with Crippen LogP contribution in [0.5, 0.6) is 0 Å². The monoisotopic (exact) mass is 472 g/mol. The van der Waals surface area contributed by atoms with Crippen LogP contribution in [0.25, 0.3) is 5.69 Å². The summed E-state index contributed by atoms with van der Waals surface area (Å²) in [6.07, 6.45) is 4.50. The van der Waals surface area contributed by atoms with Crippen LogP contribution in [0.2, 0.25) is 5.15 Å². The van der Waals surface area contributed by atoms with Crippen LogP contribution >= 0.6 is 11.6 Å². The summed E-state index contributed by atoms with van der Waals surface area (Å²) in [6.45, 7) is 3.54. The van der Waals surface area contributed by atoms with E-state index in [1.165, 1.54) is 29.0 Å². The Bertz CT molecular complexity index is 1230. The molecule has 4 rings (SSSR count). The van der Waals surface area contributed by atoms with Crippen LogP contribution in [-0.4, -0.2) is 46.4 Å². The van der Waals surface area contributed by atoms with E-state index < -0.39 is 11.6 Å². The van der Waals surface area contributed by atoms with Gasteiger partial charge in [-0.1, -0.05) is 16.8 Å². The second-order valence-electron chi connectivity index (χ2n) is 8.07. The van der Waals surface area contributed by atoms with Gasteiger partial charge >= 0.3 is 0 Å². The molecule has 0 saturated carbocycles. The number of benzene rings is 1. The number of aromatic nitrogens is 2. The molecule has 0 radical (unpaired) electrons. The minimum absolute atomic E-state index is 0.0588. The predicted molar refractivity (Wildman–Crippen MR) is 123 cm³/mol. The van der Waals surface area contributed by atoms with Crippen LogP contribution in [0.4, 0.5) is 8.78 Å². The van der Waals surface area contributed by atoms with E-state index in [1.807, 2.05) is 7.05 Å². The molecule has 3 heterocycles. The van der Waals surface area contributed by atoms with E-state index in [0.717, 1.165) is 43.6 Å². The highest BCUT2D eigenvalue weighted by Crippen LogP contribution is 2.23. The quantitative estimate of drug-likeness (QED) is 0.315. The van der Waals surface area contributed by atoms with Crippen LogP contribution in [0.3, 0.4) is 0 Å². The average molecular weight is 473 g/mol. The zero-order valence-electron chi connectivity index (χ0n) is 18.3. The molecule has 0 aliphatic carbocycles. The number of halogens is 3. The van der Waals surface area contributed by atoms with Crippen molar-refractivity contribution in [2.45, 2.75) is 25.9 Å². The number of hydrogen-bond acceptors (Lipinski definition) is 5. The third kappa shape index (κ3) is 5.12. The molecule has 0 N–H and O–H groups in total. The van der Waals surface area contributed by atoms with Crippen molar-refractivity contribution in [3.63, 3.8) is 0 Å². The van der Waals surface area contributed by atoms with Gasteiger partial charge < -0.3 is 9.74 Å². The van der Waals surface area contributed by atoms with Gasteiger partial charge in [0.05, 0.1) is 5.69 Å². The van der Waals surface area contributed by atoms with Crippen molar-refractivity contribution >= 4 is 17.3 Å². The lowest BCUT2D eigenvalue weighted by atomic mass is 10.0. The van der Waals surface area contributed by atoms with Gasteiger partial charge in [0, 0.05) is 48.7 Å². The zero-order chi connectivity index (χ0) is 23.5. The van der Waals surface area contributed by atoms with Gasteiger partial charge in [0.15, 0.2) is 5.15 Å². The van der Waals surface area contributed by atoms with Crippen LogP contribution in [0, 0.1) is 18.6 Å². The molecule has 1 fully saturated rings. The Labute approximate surface area is 195 Å². The van der Waals surface area contributed by atoms with E-state index in [-0.39, 0.29) is 28.1 Å². The molecule has 1 aliphatic rings. The minimum Gasteiger partial charge on any atom is -0.392 e. The largest absolute Gasteiger partial charge is 0.392 e. The maximum absolute atomic E-state index is 14.8. The van der Waals surface area contributed by atoms with E-state index in [1.54, 1.807) is 19.2 Å². The molecule has 2 aromatic heterocycles. The maximum atomic E-state index is 14.8. The summed E-state index contributed by atoms with van der Waals surface area (Å²) in [4.78, 5) is 24.7. The molecule has 0 atom stereocenters. The third-order valence-corrected chi connectivity index (χ3v) is 5.93. The van der Waals surface area contributed by atoms with Crippen molar-refractivity contribution in [3.8, 4) is 5.69 Å². The average Bonchev–Trinajstić information content (AvgIpc) is 2.78. The van der Waals surface area contributed by atoms with Crippen LogP contribution < -0.4 is 5.56 Å². The Morgan fingerprint density at radius 1 is 1.18 bits per heavy atom. The molecule has 33 heavy (non-hydrogen) atoms. The molecule has 6 nitrogen and oxygen atoms in total. The predicted octanol–water partition coefficient (Wildman–Crippen LogP) is 4.34. The third-order valence-electron chi connectivity index (χ3n) is 5.65. The molecular weight excluding hydrogens is 450 g/mol. The first kappa shape index (κ1) is 23.1. The fourth-order valence-corrected chi connectivity index (χ4v) is 4.06. The van der Waals surface area contributed by atoms with Crippen LogP contribution in [0.15, 0.2) is 58.7 Å². The van der Waals surface area contributed by atoms with E-state index >= 15 is 0 Å². The number of hydrogen-bond donors (Lipinski definition) is 0. The smallest absolute Gasteiger partial charge is 0.255 e. The number of aryl methyl sites for hydroxylation is 1. The summed E-state index contributed by atoms with van der Waals surface area (Å²) in [5, 5.41) is 4.44. The van der Waals surface area contributed by atoms with E-state index in [9.17, 15) is 13.6 Å². The molecule has 0 amide bonds. The van der Waals surface area contributed by atoms with Crippen LogP contribution in [0.1, 0.15) is 29.5 Å². The molecule has 0 unspecified atom stereocenters. The number of pyridine rings is 2. The number of likely N-dealkylation sites (tertiary alicyclic amines) is 1. The number of rotatable bonds is 5. The topological polar surface area (TPSA) is 59.7 Å². The first-order valence-corrected chi connectivity index (χ1v) is 10.9. The number of nitrogens with zero attached hydrogens (tertiary/aromatic N) is 4. The molecule has 1 saturated heterocycles. The standard InChI is InChI=1S/C24H23ClF2N4O2/c1-15-7-10-28-24(25)23(15)31-14-16(3-6-21(31)32)22(19-5-4-17(26)13-20(19)27)29-33-18-8-11-30(2)12-9-18/h3-7,10,13-14,18H,8-9,11-12H2,1-2H3/b29-22+. The summed E-state index contributed by atoms with van der Waals surface area (Å²) in [7, 11) is 2.04. The normalized spacial score (nSPS) is 15.6. The Morgan fingerprint density at radius 2 is 1.94 bits per heavy atom. The van der Waals surface area contributed by atoms with E-state index in [0.29, 0.717) is 11.3 Å². The second-order valence-corrected chi connectivity index (χ2v) is 8.42. The lowest BCUT2D eigenvalue weighted by molar-refractivity contribution is 0.0163. The van der Waals surface area contributed by atoms with E-state index in [4.69, 9.17) is 16.4 Å². The molecule has 1 aromatic carbocycles. The molecule has 1 aliphatic heterocycles. The van der Waals surface area contributed by atoms with Gasteiger partial charge in [-0.3, -0.25) is 9.36 Å². The summed E-state index contributed by atoms with van der Waals surface area (Å²) in [6, 6.07) is 7.85. The fourth-order valence-electron chi connectivity index (χ4n) is 3.77. The van der Waals surface area contributed by atoms with Crippen molar-refractivity contribution in [1.29, 1.82) is 0 Å². The highest BCUT2D eigenvalue weighted by molar-refractivity contribution is 6.31. The molecule has 3 aromatic rings. The molecule has 9 heteroatoms. The summed E-state index contributed by atoms with van der Waals surface area (Å²) < 4.78 is 29.7. The first-order chi connectivity index (χ1) is 15.8. The molecular formula is C24H23ClF2N4O2. The number of oxime groups is 1. The van der Waals surface area contributed by atoms with Gasteiger partial charge in [-0.15, -0.1) is 0 Å². The maximum Gasteiger partial charge on any atom is 0.255 e. The second kappa shape index (κ2) is 9.80. The molecule has 172 valence electrons. The number of piperidine rings is 1. The van der Waals surface area contributed by atoms with Crippen LogP contribution in [-0.2, 0) is 4.84 Å². The SMILES string of the molecule is Cc1ccnc(Cl)c1-n1cc(/C(=N\OC2CCN(C)CC2)c2ccc(F)cc2F)ccc1=O. The van der Waals surface area contributed by atoms with Gasteiger partial charge in [-0.25, -0.2) is 13.8 Å². The van der Waals surface area contributed by atoms with Crippen molar-refractivity contribution in [1.82, 2.24) is 14.5 Å². The van der Waals surface area contributed by atoms with E-state index in [2.05, 4.69) is 15.0 Å². The molecule has 0 bridgehead atoms. The minimum atomic E-state index is -0.783. The van der Waals surface area contributed by atoms with Gasteiger partial charge in [0.1, 0.15) is 23.5 Å². The lowest BCUT2D eigenvalue weighted by Gasteiger charge is -2.27. The highest BCUT2D eigenvalue weighted by Gasteiger charge is 2.21. The highest BCUT2D eigenvalue weighted by atomic mass is 35.5. The van der Waals surface area contributed by atoms with Gasteiger partial charge in [-0.05, 0) is 56.6 Å². The summed E-state index contributed by atoms with van der Waals surface area (Å²) in [5.41, 5.74) is 1.44. The first-order valence-electron chi connectivity index (χ1n) is 10.6. The zero-order valence-corrected chi connectivity index (χ0v) is 19.0. The van der Waals surface area contributed by atoms with Gasteiger partial charge in [-0.2, -0.15) is 0 Å². The Balaban J connectivity index is 1.80. The van der Waals surface area contributed by atoms with Gasteiger partial charge in [0.2, 0.25) is 0 Å². The summed E-state index contributed by atoms with van der Waals surface area (Å²) in [5.74, 6) is -1.48. The van der Waals surface area contributed by atoms with Gasteiger partial charge in [0.25, 0.3) is 5.56 Å². The Morgan fingerprint density at radius 3 is 2.64 bits per heavy atom. The summed E-state index contributed by atoms with van der Waals surface area (Å²) >= 11 is 6.27. The van der Waals surface area contributed by atoms with Crippen molar-refractivity contribution < 1.29 is 13.6 Å². The lowest BCUT2D eigenvalue weighted by Crippen LogP contribution is -2.33. The van der Waals surface area contributed by atoms with Crippen molar-refractivity contribution in [2.24, 2.45) is 5.16 Å². The Hall–Kier alpha value is -3.10. The van der Waals surface area contributed by atoms with Crippen molar-refractivity contribution in [2.75, 3.05) is 20.1 Å².